The van der Waals surface area contributed by atoms with Crippen molar-refractivity contribution in [2.45, 2.75) is 38.6 Å². The van der Waals surface area contributed by atoms with Gasteiger partial charge in [-0.15, -0.1) is 0 Å². The van der Waals surface area contributed by atoms with Gasteiger partial charge in [0, 0.05) is 58.4 Å². The molecular weight excluding hydrogens is 392 g/mol. The predicted molar refractivity (Wildman–Crippen MR) is 120 cm³/mol. The summed E-state index contributed by atoms with van der Waals surface area (Å²) in [6.45, 7) is 9.60. The highest BCUT2D eigenvalue weighted by atomic mass is 16.5. The summed E-state index contributed by atoms with van der Waals surface area (Å²) in [5, 5.41) is 0. The average molecular weight is 429 g/mol. The Morgan fingerprint density at radius 2 is 1.61 bits per heavy atom. The molecule has 0 spiro atoms. The van der Waals surface area contributed by atoms with Gasteiger partial charge in [0.15, 0.2) is 0 Å². The van der Waals surface area contributed by atoms with Crippen molar-refractivity contribution in [1.82, 2.24) is 19.6 Å². The minimum atomic E-state index is 0.0183. The van der Waals surface area contributed by atoms with Crippen LogP contribution in [0.5, 0.6) is 5.75 Å². The maximum absolute atomic E-state index is 13.0. The molecule has 0 aromatic heterocycles. The first kappa shape index (κ1) is 22.1. The maximum atomic E-state index is 13.0. The number of benzene rings is 1. The van der Waals surface area contributed by atoms with E-state index in [4.69, 9.17) is 4.74 Å². The Balaban J connectivity index is 1.23. The lowest BCUT2D eigenvalue weighted by Crippen LogP contribution is -2.56. The molecule has 0 unspecified atom stereocenters. The van der Waals surface area contributed by atoms with Crippen molar-refractivity contribution in [3.05, 3.63) is 29.8 Å². The summed E-state index contributed by atoms with van der Waals surface area (Å²) in [6, 6.07) is 8.25. The lowest BCUT2D eigenvalue weighted by molar-refractivity contribution is -0.135. The number of para-hydroxylation sites is 1. The van der Waals surface area contributed by atoms with Gasteiger partial charge in [-0.05, 0) is 31.4 Å². The Bertz CT molecular complexity index is 751. The van der Waals surface area contributed by atoms with E-state index in [9.17, 15) is 9.59 Å². The van der Waals surface area contributed by atoms with Gasteiger partial charge in [-0.1, -0.05) is 25.5 Å². The molecule has 7 nitrogen and oxygen atoms in total. The molecule has 7 heteroatoms. The van der Waals surface area contributed by atoms with Crippen molar-refractivity contribution in [3.63, 3.8) is 0 Å². The van der Waals surface area contributed by atoms with E-state index in [-0.39, 0.29) is 11.8 Å². The summed E-state index contributed by atoms with van der Waals surface area (Å²) in [4.78, 5) is 34.4. The predicted octanol–water partition coefficient (Wildman–Crippen LogP) is 1.93. The zero-order valence-corrected chi connectivity index (χ0v) is 18.8. The zero-order valence-electron chi connectivity index (χ0n) is 18.8. The van der Waals surface area contributed by atoms with Crippen molar-refractivity contribution in [1.29, 1.82) is 0 Å². The van der Waals surface area contributed by atoms with E-state index in [1.807, 2.05) is 34.1 Å². The van der Waals surface area contributed by atoms with Crippen LogP contribution in [0.25, 0.3) is 0 Å². The average Bonchev–Trinajstić information content (AvgIpc) is 2.77. The third-order valence-electron chi connectivity index (χ3n) is 6.86. The fourth-order valence-corrected chi connectivity index (χ4v) is 4.64. The van der Waals surface area contributed by atoms with Crippen LogP contribution in [0.4, 0.5) is 0 Å². The second-order valence-electron chi connectivity index (χ2n) is 8.91. The molecule has 0 bridgehead atoms. The Hall–Kier alpha value is -2.12. The van der Waals surface area contributed by atoms with Crippen LogP contribution in [0, 0.1) is 0 Å². The van der Waals surface area contributed by atoms with Crippen molar-refractivity contribution in [2.75, 3.05) is 65.5 Å². The van der Waals surface area contributed by atoms with E-state index in [0.29, 0.717) is 37.6 Å². The standard InChI is InChI=1S/C24H36N4O3/c1-2-18-31-22-9-4-3-8-21(22)24(30)28-12-10-25(11-13-28)19-23(29)27-16-14-26(15-17-27)20-6-5-7-20/h3-4,8-9,20H,2,5-7,10-19H2,1H3. The molecule has 1 aliphatic carbocycles. The van der Waals surface area contributed by atoms with Crippen molar-refractivity contribution >= 4 is 11.8 Å². The maximum Gasteiger partial charge on any atom is 0.257 e. The molecule has 170 valence electrons. The smallest absolute Gasteiger partial charge is 0.257 e. The molecule has 2 saturated heterocycles. The normalized spacial score (nSPS) is 21.1. The molecule has 3 fully saturated rings. The van der Waals surface area contributed by atoms with Crippen LogP contribution in [-0.2, 0) is 4.79 Å². The third kappa shape index (κ3) is 5.39. The summed E-state index contributed by atoms with van der Waals surface area (Å²) in [5.41, 5.74) is 0.629. The first-order valence-electron chi connectivity index (χ1n) is 11.9. The Labute approximate surface area is 185 Å². The van der Waals surface area contributed by atoms with Gasteiger partial charge in [0.2, 0.25) is 5.91 Å². The first-order valence-corrected chi connectivity index (χ1v) is 11.9. The third-order valence-corrected chi connectivity index (χ3v) is 6.86. The van der Waals surface area contributed by atoms with Crippen molar-refractivity contribution in [2.24, 2.45) is 0 Å². The van der Waals surface area contributed by atoms with Gasteiger partial charge < -0.3 is 14.5 Å². The molecule has 31 heavy (non-hydrogen) atoms. The van der Waals surface area contributed by atoms with Gasteiger partial charge in [0.1, 0.15) is 5.75 Å². The highest BCUT2D eigenvalue weighted by Crippen LogP contribution is 2.25. The summed E-state index contributed by atoms with van der Waals surface area (Å²) in [5.74, 6) is 0.907. The van der Waals surface area contributed by atoms with E-state index in [2.05, 4.69) is 16.7 Å². The van der Waals surface area contributed by atoms with E-state index >= 15 is 0 Å². The molecule has 2 amide bonds. The Morgan fingerprint density at radius 3 is 2.26 bits per heavy atom. The van der Waals surface area contributed by atoms with Gasteiger partial charge in [0.05, 0.1) is 18.7 Å². The minimum Gasteiger partial charge on any atom is -0.493 e. The molecule has 2 heterocycles. The largest absolute Gasteiger partial charge is 0.493 e. The molecule has 0 N–H and O–H groups in total. The van der Waals surface area contributed by atoms with E-state index in [1.165, 1.54) is 19.3 Å². The lowest BCUT2D eigenvalue weighted by Gasteiger charge is -2.43. The number of hydrogen-bond donors (Lipinski definition) is 0. The van der Waals surface area contributed by atoms with Crippen LogP contribution in [0.2, 0.25) is 0 Å². The number of ether oxygens (including phenoxy) is 1. The molecule has 1 aromatic rings. The fraction of sp³-hybridized carbons (Fsp3) is 0.667. The molecule has 0 radical (unpaired) electrons. The zero-order chi connectivity index (χ0) is 21.6. The first-order chi connectivity index (χ1) is 15.2. The quantitative estimate of drug-likeness (QED) is 0.664. The minimum absolute atomic E-state index is 0.0183. The number of carbonyl (C=O) groups is 2. The highest BCUT2D eigenvalue weighted by Gasteiger charge is 2.30. The van der Waals surface area contributed by atoms with E-state index in [1.54, 1.807) is 0 Å². The SMILES string of the molecule is CCCOc1ccccc1C(=O)N1CCN(CC(=O)N2CCN(C3CCC3)CC2)CC1. The second kappa shape index (κ2) is 10.5. The van der Waals surface area contributed by atoms with Gasteiger partial charge in [0.25, 0.3) is 5.91 Å². The van der Waals surface area contributed by atoms with Crippen LogP contribution in [0.1, 0.15) is 43.0 Å². The molecular formula is C24H36N4O3. The van der Waals surface area contributed by atoms with Crippen LogP contribution in [0.3, 0.4) is 0 Å². The number of piperazine rings is 2. The molecule has 3 aliphatic rings. The van der Waals surface area contributed by atoms with Crippen LogP contribution in [-0.4, -0.2) is 103 Å². The van der Waals surface area contributed by atoms with Crippen LogP contribution in [0.15, 0.2) is 24.3 Å². The van der Waals surface area contributed by atoms with Crippen molar-refractivity contribution < 1.29 is 14.3 Å². The topological polar surface area (TPSA) is 56.3 Å². The summed E-state index contributed by atoms with van der Waals surface area (Å²) in [6.07, 6.45) is 4.92. The Kier molecular flexibility index (Phi) is 7.45. The molecule has 1 saturated carbocycles. The number of carbonyl (C=O) groups excluding carboxylic acids is 2. The summed E-state index contributed by atoms with van der Waals surface area (Å²) in [7, 11) is 0. The summed E-state index contributed by atoms with van der Waals surface area (Å²) < 4.78 is 5.76. The molecule has 0 atom stereocenters. The van der Waals surface area contributed by atoms with Crippen LogP contribution >= 0.6 is 0 Å². The number of hydrogen-bond acceptors (Lipinski definition) is 5. The number of amides is 2. The second-order valence-corrected chi connectivity index (χ2v) is 8.91. The Morgan fingerprint density at radius 1 is 0.935 bits per heavy atom. The molecule has 2 aliphatic heterocycles. The van der Waals surface area contributed by atoms with Crippen molar-refractivity contribution in [3.8, 4) is 5.75 Å². The van der Waals surface area contributed by atoms with E-state index < -0.39 is 0 Å². The van der Waals surface area contributed by atoms with Crippen LogP contribution < -0.4 is 4.74 Å². The molecule has 4 rings (SSSR count). The fourth-order valence-electron chi connectivity index (χ4n) is 4.64. The summed E-state index contributed by atoms with van der Waals surface area (Å²) >= 11 is 0. The lowest BCUT2D eigenvalue weighted by atomic mass is 9.91. The van der Waals surface area contributed by atoms with Gasteiger partial charge in [-0.2, -0.15) is 0 Å². The van der Waals surface area contributed by atoms with E-state index in [0.717, 1.165) is 51.7 Å². The van der Waals surface area contributed by atoms with Gasteiger partial charge in [-0.3, -0.25) is 19.4 Å². The number of nitrogens with zero attached hydrogens (tertiary/aromatic N) is 4. The number of rotatable bonds is 7. The highest BCUT2D eigenvalue weighted by molar-refractivity contribution is 5.97. The monoisotopic (exact) mass is 428 g/mol. The van der Waals surface area contributed by atoms with Gasteiger partial charge in [-0.25, -0.2) is 0 Å². The molecule has 1 aromatic carbocycles. The van der Waals surface area contributed by atoms with Gasteiger partial charge >= 0.3 is 0 Å².